The number of aromatic amines is 1. The molecule has 1 fully saturated rings. The molecule has 120 valence electrons. The highest BCUT2D eigenvalue weighted by molar-refractivity contribution is 7.71. The number of aromatic nitrogens is 3. The van der Waals surface area contributed by atoms with Gasteiger partial charge in [0, 0.05) is 18.4 Å². The van der Waals surface area contributed by atoms with Gasteiger partial charge in [0.2, 0.25) is 5.91 Å². The summed E-state index contributed by atoms with van der Waals surface area (Å²) in [5.41, 5.74) is 2.89. The van der Waals surface area contributed by atoms with Gasteiger partial charge >= 0.3 is 0 Å². The normalized spacial score (nSPS) is 25.2. The van der Waals surface area contributed by atoms with Crippen molar-refractivity contribution in [3.05, 3.63) is 46.0 Å². The Morgan fingerprint density at radius 2 is 2.35 bits per heavy atom. The molecule has 1 amide bonds. The fraction of sp³-hybridized carbons (Fsp3) is 0.471. The molecule has 2 aliphatic rings. The lowest BCUT2D eigenvalue weighted by atomic mass is 9.78. The van der Waals surface area contributed by atoms with E-state index >= 15 is 0 Å². The first-order valence-electron chi connectivity index (χ1n) is 8.08. The first kappa shape index (κ1) is 14.6. The van der Waals surface area contributed by atoms with Crippen molar-refractivity contribution in [2.75, 3.05) is 0 Å². The molecule has 1 aromatic heterocycles. The van der Waals surface area contributed by atoms with Gasteiger partial charge in [-0.2, -0.15) is 5.10 Å². The summed E-state index contributed by atoms with van der Waals surface area (Å²) in [6.07, 6.45) is 4.40. The molecule has 1 saturated carbocycles. The van der Waals surface area contributed by atoms with Gasteiger partial charge in [-0.05, 0) is 49.0 Å². The first-order valence-corrected chi connectivity index (χ1v) is 8.49. The largest absolute Gasteiger partial charge is 0.349 e. The summed E-state index contributed by atoms with van der Waals surface area (Å²) < 4.78 is 2.35. The predicted octanol–water partition coefficient (Wildman–Crippen LogP) is 2.39. The fourth-order valence-corrected chi connectivity index (χ4v) is 4.15. The second kappa shape index (κ2) is 5.30. The van der Waals surface area contributed by atoms with Crippen molar-refractivity contribution >= 4 is 18.1 Å². The van der Waals surface area contributed by atoms with Crippen LogP contribution in [0.4, 0.5) is 0 Å². The van der Waals surface area contributed by atoms with Crippen molar-refractivity contribution in [3.63, 3.8) is 0 Å². The molecule has 0 unspecified atom stereocenters. The number of benzene rings is 1. The molecule has 1 spiro atoms. The molecule has 2 aromatic rings. The van der Waals surface area contributed by atoms with E-state index in [0.717, 1.165) is 25.1 Å². The van der Waals surface area contributed by atoms with Crippen LogP contribution in [0.15, 0.2) is 24.3 Å². The summed E-state index contributed by atoms with van der Waals surface area (Å²) in [4.78, 5) is 12.6. The van der Waals surface area contributed by atoms with E-state index in [0.29, 0.717) is 11.3 Å². The van der Waals surface area contributed by atoms with Gasteiger partial charge in [-0.25, -0.2) is 0 Å². The molecule has 2 aliphatic carbocycles. The number of aryl methyl sites for hydroxylation is 1. The van der Waals surface area contributed by atoms with Crippen molar-refractivity contribution in [3.8, 4) is 0 Å². The first-order chi connectivity index (χ1) is 11.1. The molecule has 23 heavy (non-hydrogen) atoms. The number of hydrogen-bond donors (Lipinski definition) is 2. The van der Waals surface area contributed by atoms with Crippen LogP contribution in [-0.2, 0) is 30.2 Å². The lowest BCUT2D eigenvalue weighted by Crippen LogP contribution is -2.30. The minimum atomic E-state index is 0.0792. The van der Waals surface area contributed by atoms with Crippen molar-refractivity contribution in [2.45, 2.75) is 37.6 Å². The Morgan fingerprint density at radius 3 is 3.13 bits per heavy atom. The Balaban J connectivity index is 1.48. The molecule has 2 N–H and O–H groups in total. The number of nitrogens with zero attached hydrogens (tertiary/aromatic N) is 2. The molecule has 1 heterocycles. The number of fused-ring (bicyclic) bond motifs is 2. The molecule has 0 bridgehead atoms. The summed E-state index contributed by atoms with van der Waals surface area (Å²) in [5.74, 6) is 0.980. The summed E-state index contributed by atoms with van der Waals surface area (Å²) in [6, 6.07) is 8.60. The van der Waals surface area contributed by atoms with Gasteiger partial charge < -0.3 is 9.88 Å². The van der Waals surface area contributed by atoms with Gasteiger partial charge in [0.1, 0.15) is 0 Å². The predicted molar refractivity (Wildman–Crippen MR) is 89.4 cm³/mol. The Bertz CT molecular complexity index is 824. The Hall–Kier alpha value is -1.95. The van der Waals surface area contributed by atoms with Crippen molar-refractivity contribution in [1.82, 2.24) is 20.1 Å². The standard InChI is InChI=1S/C17H20N4OS/c1-21-14(19-20-16(21)23)10-18-15(22)13-9-17(13)8-4-6-11-5-2-3-7-12(11)17/h2-3,5,7,13H,4,6,8-10H2,1H3,(H,18,22)(H,20,23)/t13-,17+/m0/s1. The number of hydrogen-bond acceptors (Lipinski definition) is 3. The van der Waals surface area contributed by atoms with Gasteiger partial charge in [-0.1, -0.05) is 24.3 Å². The van der Waals surface area contributed by atoms with Gasteiger partial charge in [-0.3, -0.25) is 9.89 Å². The second-order valence-corrected chi connectivity index (χ2v) is 7.03. The average molecular weight is 328 g/mol. The monoisotopic (exact) mass is 328 g/mol. The van der Waals surface area contributed by atoms with E-state index < -0.39 is 0 Å². The SMILES string of the molecule is Cn1c(CNC(=O)[C@@H]2C[C@@]23CCCc2ccccc23)n[nH]c1=S. The Labute approximate surface area is 140 Å². The maximum Gasteiger partial charge on any atom is 0.224 e. The minimum absolute atomic E-state index is 0.0792. The summed E-state index contributed by atoms with van der Waals surface area (Å²) in [5, 5.41) is 9.91. The molecule has 0 aliphatic heterocycles. The van der Waals surface area contributed by atoms with Gasteiger partial charge in [-0.15, -0.1) is 0 Å². The Kier molecular flexibility index (Phi) is 3.37. The third-order valence-electron chi connectivity index (χ3n) is 5.41. The van der Waals surface area contributed by atoms with E-state index in [4.69, 9.17) is 12.2 Å². The molecule has 4 rings (SSSR count). The molecule has 5 nitrogen and oxygen atoms in total. The zero-order valence-electron chi connectivity index (χ0n) is 13.1. The molecular weight excluding hydrogens is 308 g/mol. The number of H-pyrrole nitrogens is 1. The fourth-order valence-electron chi connectivity index (χ4n) is 4.00. The molecule has 0 saturated heterocycles. The maximum absolute atomic E-state index is 12.6. The van der Waals surface area contributed by atoms with Crippen LogP contribution < -0.4 is 5.32 Å². The van der Waals surface area contributed by atoms with Crippen LogP contribution >= 0.6 is 12.2 Å². The van der Waals surface area contributed by atoms with Gasteiger partial charge in [0.15, 0.2) is 10.6 Å². The lowest BCUT2D eigenvalue weighted by molar-refractivity contribution is -0.123. The van der Waals surface area contributed by atoms with E-state index in [1.54, 1.807) is 4.57 Å². The zero-order valence-corrected chi connectivity index (χ0v) is 13.9. The molecule has 6 heteroatoms. The summed E-state index contributed by atoms with van der Waals surface area (Å²) in [6.45, 7) is 0.413. The minimum Gasteiger partial charge on any atom is -0.349 e. The van der Waals surface area contributed by atoms with Crippen LogP contribution in [0, 0.1) is 10.7 Å². The molecule has 0 radical (unpaired) electrons. The highest BCUT2D eigenvalue weighted by Crippen LogP contribution is 2.60. The molecular formula is C17H20N4OS. The summed E-state index contributed by atoms with van der Waals surface area (Å²) in [7, 11) is 1.85. The van der Waals surface area contributed by atoms with E-state index in [2.05, 4.69) is 39.8 Å². The highest BCUT2D eigenvalue weighted by atomic mass is 32.1. The van der Waals surface area contributed by atoms with Crippen molar-refractivity contribution in [2.24, 2.45) is 13.0 Å². The quantitative estimate of drug-likeness (QED) is 0.851. The number of nitrogens with one attached hydrogen (secondary N) is 2. The molecule has 1 aromatic carbocycles. The van der Waals surface area contributed by atoms with Crippen LogP contribution in [0.3, 0.4) is 0 Å². The van der Waals surface area contributed by atoms with E-state index in [-0.39, 0.29) is 17.2 Å². The highest BCUT2D eigenvalue weighted by Gasteiger charge is 2.59. The van der Waals surface area contributed by atoms with E-state index in [1.807, 2.05) is 7.05 Å². The van der Waals surface area contributed by atoms with E-state index in [1.165, 1.54) is 17.5 Å². The number of rotatable bonds is 3. The van der Waals surface area contributed by atoms with Crippen molar-refractivity contribution in [1.29, 1.82) is 0 Å². The topological polar surface area (TPSA) is 62.7 Å². The van der Waals surface area contributed by atoms with Crippen LogP contribution in [0.5, 0.6) is 0 Å². The second-order valence-electron chi connectivity index (χ2n) is 6.65. The lowest BCUT2D eigenvalue weighted by Gasteiger charge is -2.26. The van der Waals surface area contributed by atoms with E-state index in [9.17, 15) is 4.79 Å². The van der Waals surface area contributed by atoms with Crippen LogP contribution in [0.25, 0.3) is 0 Å². The Morgan fingerprint density at radius 1 is 1.52 bits per heavy atom. The third-order valence-corrected chi connectivity index (χ3v) is 5.77. The zero-order chi connectivity index (χ0) is 16.0. The summed E-state index contributed by atoms with van der Waals surface area (Å²) >= 11 is 5.09. The van der Waals surface area contributed by atoms with Crippen molar-refractivity contribution < 1.29 is 4.79 Å². The third kappa shape index (κ3) is 2.32. The smallest absolute Gasteiger partial charge is 0.224 e. The number of carbonyl (C=O) groups excluding carboxylic acids is 1. The maximum atomic E-state index is 12.6. The number of carbonyl (C=O) groups is 1. The molecule has 2 atom stereocenters. The van der Waals surface area contributed by atoms with Gasteiger partial charge in [0.05, 0.1) is 6.54 Å². The average Bonchev–Trinajstić information content (AvgIpc) is 3.20. The van der Waals surface area contributed by atoms with Crippen LogP contribution in [0.1, 0.15) is 36.2 Å². The van der Waals surface area contributed by atoms with Crippen LogP contribution in [-0.4, -0.2) is 20.7 Å². The number of amides is 1. The van der Waals surface area contributed by atoms with Gasteiger partial charge in [0.25, 0.3) is 0 Å². The van der Waals surface area contributed by atoms with Crippen LogP contribution in [0.2, 0.25) is 0 Å².